The van der Waals surface area contributed by atoms with Gasteiger partial charge in [-0.15, -0.1) is 0 Å². The van der Waals surface area contributed by atoms with Crippen LogP contribution in [0.4, 0.5) is 0 Å². The van der Waals surface area contributed by atoms with Crippen molar-refractivity contribution < 1.29 is 9.47 Å². The summed E-state index contributed by atoms with van der Waals surface area (Å²) in [6.45, 7) is 8.42. The highest BCUT2D eigenvalue weighted by molar-refractivity contribution is 9.10. The maximum absolute atomic E-state index is 5.47. The summed E-state index contributed by atoms with van der Waals surface area (Å²) in [6.07, 6.45) is 0. The van der Waals surface area contributed by atoms with E-state index in [1.807, 2.05) is 30.8 Å². The summed E-state index contributed by atoms with van der Waals surface area (Å²) in [5.41, 5.74) is 4.44. The number of nitrogens with zero attached hydrogens (tertiary/aromatic N) is 3. The van der Waals surface area contributed by atoms with E-state index in [-0.39, 0.29) is 6.79 Å². The first-order valence-electron chi connectivity index (χ1n) is 8.58. The quantitative estimate of drug-likeness (QED) is 0.573. The minimum Gasteiger partial charge on any atom is -0.454 e. The number of benzene rings is 1. The van der Waals surface area contributed by atoms with Gasteiger partial charge in [0.05, 0.1) is 16.7 Å². The van der Waals surface area contributed by atoms with Crippen molar-refractivity contribution in [3.05, 3.63) is 39.1 Å². The molecule has 0 radical (unpaired) electrons. The number of aryl methyl sites for hydroxylation is 2. The van der Waals surface area contributed by atoms with Gasteiger partial charge in [0.15, 0.2) is 17.5 Å². The van der Waals surface area contributed by atoms with Gasteiger partial charge in [0, 0.05) is 31.4 Å². The number of hydrogen-bond acceptors (Lipinski definition) is 4. The molecule has 0 amide bonds. The van der Waals surface area contributed by atoms with Crippen LogP contribution in [0.1, 0.15) is 29.4 Å². The van der Waals surface area contributed by atoms with E-state index >= 15 is 0 Å². The van der Waals surface area contributed by atoms with E-state index in [9.17, 15) is 0 Å². The molecule has 1 aromatic carbocycles. The lowest BCUT2D eigenvalue weighted by Gasteiger charge is -2.12. The summed E-state index contributed by atoms with van der Waals surface area (Å²) in [7, 11) is 1.96. The van der Waals surface area contributed by atoms with Gasteiger partial charge in [0.25, 0.3) is 0 Å². The SMILES string of the molecule is CCNC(=NCc1cc(Br)c2c(c1)OCO2)NCc1c(C)nn(C)c1C. The lowest BCUT2D eigenvalue weighted by atomic mass is 10.2. The van der Waals surface area contributed by atoms with Gasteiger partial charge in [-0.05, 0) is 54.4 Å². The lowest BCUT2D eigenvalue weighted by molar-refractivity contribution is 0.173. The van der Waals surface area contributed by atoms with Gasteiger partial charge in [0.2, 0.25) is 6.79 Å². The molecule has 7 nitrogen and oxygen atoms in total. The highest BCUT2D eigenvalue weighted by Crippen LogP contribution is 2.40. The van der Waals surface area contributed by atoms with Gasteiger partial charge in [-0.3, -0.25) is 4.68 Å². The van der Waals surface area contributed by atoms with Crippen LogP contribution in [0.5, 0.6) is 11.5 Å². The first-order chi connectivity index (χ1) is 12.5. The number of guanidine groups is 1. The second-order valence-corrected chi connectivity index (χ2v) is 6.99. The molecule has 0 saturated heterocycles. The van der Waals surface area contributed by atoms with E-state index in [0.29, 0.717) is 13.1 Å². The van der Waals surface area contributed by atoms with E-state index in [1.165, 1.54) is 5.56 Å². The van der Waals surface area contributed by atoms with Crippen LogP contribution >= 0.6 is 15.9 Å². The van der Waals surface area contributed by atoms with Gasteiger partial charge in [-0.1, -0.05) is 0 Å². The fourth-order valence-electron chi connectivity index (χ4n) is 2.87. The number of halogens is 1. The fraction of sp³-hybridized carbons (Fsp3) is 0.444. The van der Waals surface area contributed by atoms with Crippen LogP contribution in [0.25, 0.3) is 0 Å². The predicted molar refractivity (Wildman–Crippen MR) is 105 cm³/mol. The molecular weight excluding hydrogens is 398 g/mol. The predicted octanol–water partition coefficient (Wildman–Crippen LogP) is 2.78. The molecule has 0 unspecified atom stereocenters. The molecular formula is C18H24BrN5O2. The molecule has 140 valence electrons. The zero-order valence-electron chi connectivity index (χ0n) is 15.5. The Morgan fingerprint density at radius 2 is 2.12 bits per heavy atom. The molecule has 1 aliphatic heterocycles. The summed E-state index contributed by atoms with van der Waals surface area (Å²) in [4.78, 5) is 4.68. The largest absolute Gasteiger partial charge is 0.454 e. The van der Waals surface area contributed by atoms with Crippen molar-refractivity contribution in [2.45, 2.75) is 33.9 Å². The van der Waals surface area contributed by atoms with Gasteiger partial charge in [-0.25, -0.2) is 4.99 Å². The normalized spacial score (nSPS) is 13.2. The Bertz CT molecular complexity index is 831. The zero-order valence-corrected chi connectivity index (χ0v) is 17.1. The Morgan fingerprint density at radius 3 is 2.81 bits per heavy atom. The molecule has 0 atom stereocenters. The van der Waals surface area contributed by atoms with Gasteiger partial charge in [0.1, 0.15) is 0 Å². The van der Waals surface area contributed by atoms with Crippen LogP contribution in [-0.4, -0.2) is 29.1 Å². The van der Waals surface area contributed by atoms with E-state index in [4.69, 9.17) is 9.47 Å². The molecule has 0 fully saturated rings. The summed E-state index contributed by atoms with van der Waals surface area (Å²) >= 11 is 3.52. The molecule has 2 N–H and O–H groups in total. The van der Waals surface area contributed by atoms with Crippen molar-refractivity contribution >= 4 is 21.9 Å². The molecule has 2 heterocycles. The molecule has 1 aromatic heterocycles. The van der Waals surface area contributed by atoms with Crippen molar-refractivity contribution in [3.63, 3.8) is 0 Å². The number of hydrogen-bond donors (Lipinski definition) is 2. The molecule has 26 heavy (non-hydrogen) atoms. The maximum Gasteiger partial charge on any atom is 0.231 e. The average molecular weight is 422 g/mol. The van der Waals surface area contributed by atoms with Gasteiger partial charge >= 0.3 is 0 Å². The van der Waals surface area contributed by atoms with Crippen LogP contribution in [0.2, 0.25) is 0 Å². The maximum atomic E-state index is 5.47. The standard InChI is InChI=1S/C18H24BrN5O2/c1-5-20-18(22-9-14-11(2)23-24(4)12(14)3)21-8-13-6-15(19)17-16(7-13)25-10-26-17/h6-7H,5,8-10H2,1-4H3,(H2,20,21,22). The van der Waals surface area contributed by atoms with Crippen LogP contribution in [0.15, 0.2) is 21.6 Å². The molecule has 2 aromatic rings. The van der Waals surface area contributed by atoms with E-state index in [1.54, 1.807) is 0 Å². The third-order valence-corrected chi connectivity index (χ3v) is 4.93. The second-order valence-electron chi connectivity index (χ2n) is 6.13. The smallest absolute Gasteiger partial charge is 0.231 e. The highest BCUT2D eigenvalue weighted by Gasteiger charge is 2.18. The summed E-state index contributed by atoms with van der Waals surface area (Å²) in [5, 5.41) is 11.1. The minimum absolute atomic E-state index is 0.259. The number of aromatic nitrogens is 2. The molecule has 0 saturated carbocycles. The Kier molecular flexibility index (Phi) is 5.70. The van der Waals surface area contributed by atoms with Crippen LogP contribution < -0.4 is 20.1 Å². The van der Waals surface area contributed by atoms with Crippen molar-refractivity contribution in [1.29, 1.82) is 0 Å². The molecule has 3 rings (SSSR count). The molecule has 0 spiro atoms. The van der Waals surface area contributed by atoms with Crippen LogP contribution in [0.3, 0.4) is 0 Å². The van der Waals surface area contributed by atoms with Gasteiger partial charge < -0.3 is 20.1 Å². The molecule has 8 heteroatoms. The summed E-state index contributed by atoms with van der Waals surface area (Å²) in [6, 6.07) is 3.98. The monoisotopic (exact) mass is 421 g/mol. The third-order valence-electron chi connectivity index (χ3n) is 4.34. The van der Waals surface area contributed by atoms with E-state index in [2.05, 4.69) is 50.5 Å². The molecule has 1 aliphatic rings. The van der Waals surface area contributed by atoms with Crippen LogP contribution in [-0.2, 0) is 20.1 Å². The first-order valence-corrected chi connectivity index (χ1v) is 9.38. The zero-order chi connectivity index (χ0) is 18.7. The first kappa shape index (κ1) is 18.6. The van der Waals surface area contributed by atoms with E-state index < -0.39 is 0 Å². The molecule has 0 aliphatic carbocycles. The average Bonchev–Trinajstić information content (AvgIpc) is 3.16. The Labute approximate surface area is 161 Å². The van der Waals surface area contributed by atoms with Crippen molar-refractivity contribution in [2.24, 2.45) is 12.0 Å². The number of aliphatic imine (C=N–C) groups is 1. The third kappa shape index (κ3) is 3.95. The fourth-order valence-corrected chi connectivity index (χ4v) is 3.47. The Balaban J connectivity index is 1.70. The summed E-state index contributed by atoms with van der Waals surface area (Å²) < 4.78 is 13.7. The number of fused-ring (bicyclic) bond motifs is 1. The minimum atomic E-state index is 0.259. The van der Waals surface area contributed by atoms with Crippen molar-refractivity contribution in [2.75, 3.05) is 13.3 Å². The number of ether oxygens (including phenoxy) is 2. The van der Waals surface area contributed by atoms with Gasteiger partial charge in [-0.2, -0.15) is 5.10 Å². The topological polar surface area (TPSA) is 72.7 Å². The highest BCUT2D eigenvalue weighted by atomic mass is 79.9. The number of rotatable bonds is 5. The lowest BCUT2D eigenvalue weighted by Crippen LogP contribution is -2.37. The number of nitrogens with one attached hydrogen (secondary N) is 2. The Hall–Kier alpha value is -2.22. The summed E-state index contributed by atoms with van der Waals surface area (Å²) in [5.74, 6) is 2.28. The molecule has 0 bridgehead atoms. The Morgan fingerprint density at radius 1 is 1.31 bits per heavy atom. The van der Waals surface area contributed by atoms with Crippen molar-refractivity contribution in [3.8, 4) is 11.5 Å². The van der Waals surface area contributed by atoms with E-state index in [0.717, 1.165) is 45.4 Å². The van der Waals surface area contributed by atoms with Crippen molar-refractivity contribution in [1.82, 2.24) is 20.4 Å². The van der Waals surface area contributed by atoms with Crippen LogP contribution in [0, 0.1) is 13.8 Å². The second kappa shape index (κ2) is 7.99.